The molecule has 2 rings (SSSR count). The molecule has 1 aromatic rings. The summed E-state index contributed by atoms with van der Waals surface area (Å²) >= 11 is 3.55. The summed E-state index contributed by atoms with van der Waals surface area (Å²) in [4.78, 5) is 11.8. The van der Waals surface area contributed by atoms with Gasteiger partial charge in [-0.1, -0.05) is 15.9 Å². The van der Waals surface area contributed by atoms with Gasteiger partial charge in [-0.05, 0) is 49.9 Å². The molecule has 0 aromatic heterocycles. The molecule has 18 heavy (non-hydrogen) atoms. The van der Waals surface area contributed by atoms with Crippen LogP contribution in [0.1, 0.15) is 30.0 Å². The van der Waals surface area contributed by atoms with Crippen LogP contribution in [0.15, 0.2) is 10.5 Å². The molecule has 1 heterocycles. The van der Waals surface area contributed by atoms with Crippen molar-refractivity contribution in [3.05, 3.63) is 27.2 Å². The number of carbonyl (C=O) groups excluding carboxylic acids is 1. The van der Waals surface area contributed by atoms with Gasteiger partial charge >= 0.3 is 5.97 Å². The minimum Gasteiger partial charge on any atom is -0.475 e. The van der Waals surface area contributed by atoms with Crippen molar-refractivity contribution in [2.45, 2.75) is 39.2 Å². The van der Waals surface area contributed by atoms with Crippen molar-refractivity contribution >= 4 is 21.9 Å². The monoisotopic (exact) mass is 312 g/mol. The maximum absolute atomic E-state index is 11.8. The van der Waals surface area contributed by atoms with E-state index in [1.165, 1.54) is 7.11 Å². The number of rotatable bonds is 1. The summed E-state index contributed by atoms with van der Waals surface area (Å²) in [6.45, 7) is 5.84. The molecule has 0 spiro atoms. The summed E-state index contributed by atoms with van der Waals surface area (Å²) in [5.41, 5.74) is 2.50. The number of methoxy groups -OCH3 is 1. The molecule has 0 bridgehead atoms. The number of aryl methyl sites for hydroxylation is 1. The van der Waals surface area contributed by atoms with Crippen LogP contribution < -0.4 is 4.74 Å². The predicted octanol–water partition coefficient (Wildman–Crippen LogP) is 3.32. The van der Waals surface area contributed by atoms with Gasteiger partial charge in [0.15, 0.2) is 0 Å². The number of carbonyl (C=O) groups is 1. The Morgan fingerprint density at radius 1 is 1.44 bits per heavy atom. The average molecular weight is 313 g/mol. The van der Waals surface area contributed by atoms with E-state index in [-0.39, 0.29) is 5.97 Å². The summed E-state index contributed by atoms with van der Waals surface area (Å²) < 4.78 is 11.9. The van der Waals surface area contributed by atoms with E-state index >= 15 is 0 Å². The van der Waals surface area contributed by atoms with E-state index in [1.54, 1.807) is 6.92 Å². The van der Waals surface area contributed by atoms with Gasteiger partial charge < -0.3 is 9.47 Å². The minimum absolute atomic E-state index is 0.312. The molecule has 0 saturated carbocycles. The molecular formula is C14H17BrO3. The summed E-state index contributed by atoms with van der Waals surface area (Å²) in [6, 6.07) is 2.08. The SMILES string of the molecule is COC(=O)C1(C)CCc2cc(Br)c(C)c(C)c2O1. The van der Waals surface area contributed by atoms with Gasteiger partial charge in [0.05, 0.1) is 7.11 Å². The van der Waals surface area contributed by atoms with Crippen LogP contribution in [0.25, 0.3) is 0 Å². The van der Waals surface area contributed by atoms with Crippen molar-refractivity contribution < 1.29 is 14.3 Å². The molecule has 3 nitrogen and oxygen atoms in total. The molecule has 1 unspecified atom stereocenters. The molecule has 0 fully saturated rings. The first-order chi connectivity index (χ1) is 8.39. The number of hydrogen-bond donors (Lipinski definition) is 0. The number of halogens is 1. The quantitative estimate of drug-likeness (QED) is 0.746. The molecule has 0 radical (unpaired) electrons. The second kappa shape index (κ2) is 4.57. The van der Waals surface area contributed by atoms with Crippen LogP contribution in [0.2, 0.25) is 0 Å². The van der Waals surface area contributed by atoms with E-state index in [1.807, 2.05) is 13.8 Å². The van der Waals surface area contributed by atoms with Crippen LogP contribution in [0.5, 0.6) is 5.75 Å². The van der Waals surface area contributed by atoms with Gasteiger partial charge in [-0.25, -0.2) is 4.79 Å². The third-order valence-electron chi connectivity index (χ3n) is 3.67. The maximum atomic E-state index is 11.8. The standard InChI is InChI=1S/C14H17BrO3/c1-8-9(2)12-10(7-11(8)15)5-6-14(3,18-12)13(16)17-4/h7H,5-6H2,1-4H3. The van der Waals surface area contributed by atoms with E-state index in [4.69, 9.17) is 9.47 Å². The third-order valence-corrected chi connectivity index (χ3v) is 4.49. The van der Waals surface area contributed by atoms with Gasteiger partial charge in [-0.15, -0.1) is 0 Å². The Morgan fingerprint density at radius 2 is 2.11 bits per heavy atom. The van der Waals surface area contributed by atoms with Crippen LogP contribution in [-0.4, -0.2) is 18.7 Å². The van der Waals surface area contributed by atoms with E-state index < -0.39 is 5.60 Å². The molecule has 1 aromatic carbocycles. The molecule has 4 heteroatoms. The second-order valence-corrected chi connectivity index (χ2v) is 5.78. The molecule has 0 amide bonds. The lowest BCUT2D eigenvalue weighted by Crippen LogP contribution is -2.45. The molecule has 1 aliphatic rings. The van der Waals surface area contributed by atoms with Gasteiger partial charge in [0, 0.05) is 10.9 Å². The molecule has 0 saturated heterocycles. The zero-order valence-corrected chi connectivity index (χ0v) is 12.7. The van der Waals surface area contributed by atoms with E-state index in [0.29, 0.717) is 6.42 Å². The van der Waals surface area contributed by atoms with Crippen molar-refractivity contribution in [2.75, 3.05) is 7.11 Å². The molecule has 1 atom stereocenters. The number of hydrogen-bond acceptors (Lipinski definition) is 3. The minimum atomic E-state index is -0.868. The van der Waals surface area contributed by atoms with Crippen LogP contribution in [0.3, 0.4) is 0 Å². The first-order valence-corrected chi connectivity index (χ1v) is 6.74. The van der Waals surface area contributed by atoms with Gasteiger partial charge in [0.1, 0.15) is 5.75 Å². The molecule has 1 aliphatic heterocycles. The average Bonchev–Trinajstić information content (AvgIpc) is 2.36. The largest absolute Gasteiger partial charge is 0.475 e. The Kier molecular flexibility index (Phi) is 3.41. The number of benzene rings is 1. The van der Waals surface area contributed by atoms with Crippen molar-refractivity contribution in [2.24, 2.45) is 0 Å². The third kappa shape index (κ3) is 2.03. The Hall–Kier alpha value is -1.03. The lowest BCUT2D eigenvalue weighted by atomic mass is 9.90. The fourth-order valence-electron chi connectivity index (χ4n) is 2.25. The molecule has 98 valence electrons. The number of esters is 1. The summed E-state index contributed by atoms with van der Waals surface area (Å²) in [5, 5.41) is 0. The van der Waals surface area contributed by atoms with Crippen molar-refractivity contribution in [3.8, 4) is 5.75 Å². The Morgan fingerprint density at radius 3 is 2.72 bits per heavy atom. The number of ether oxygens (including phenoxy) is 2. The van der Waals surface area contributed by atoms with E-state index in [9.17, 15) is 4.79 Å². The van der Waals surface area contributed by atoms with Gasteiger partial charge in [-0.3, -0.25) is 0 Å². The van der Waals surface area contributed by atoms with Crippen LogP contribution >= 0.6 is 15.9 Å². The highest BCUT2D eigenvalue weighted by Gasteiger charge is 2.40. The molecule has 0 N–H and O–H groups in total. The summed E-state index contributed by atoms with van der Waals surface area (Å²) in [5.74, 6) is 0.517. The highest BCUT2D eigenvalue weighted by Crippen LogP contribution is 2.40. The van der Waals surface area contributed by atoms with Crippen LogP contribution in [-0.2, 0) is 16.0 Å². The van der Waals surface area contributed by atoms with Gasteiger partial charge in [0.25, 0.3) is 0 Å². The molecular weight excluding hydrogens is 296 g/mol. The molecule has 0 aliphatic carbocycles. The highest BCUT2D eigenvalue weighted by molar-refractivity contribution is 9.10. The topological polar surface area (TPSA) is 35.5 Å². The number of fused-ring (bicyclic) bond motifs is 1. The Labute approximate surface area is 116 Å². The lowest BCUT2D eigenvalue weighted by molar-refractivity contribution is -0.159. The van der Waals surface area contributed by atoms with Crippen molar-refractivity contribution in [1.29, 1.82) is 0 Å². The van der Waals surface area contributed by atoms with Gasteiger partial charge in [0.2, 0.25) is 5.60 Å². The first kappa shape index (κ1) is 13.4. The second-order valence-electron chi connectivity index (χ2n) is 4.92. The zero-order valence-electron chi connectivity index (χ0n) is 11.1. The summed E-state index contributed by atoms with van der Waals surface area (Å²) in [6.07, 6.45) is 1.46. The lowest BCUT2D eigenvalue weighted by Gasteiger charge is -2.34. The van der Waals surface area contributed by atoms with Gasteiger partial charge in [-0.2, -0.15) is 0 Å². The smallest absolute Gasteiger partial charge is 0.349 e. The normalized spacial score (nSPS) is 22.1. The zero-order chi connectivity index (χ0) is 13.5. The van der Waals surface area contributed by atoms with Crippen LogP contribution in [0, 0.1) is 13.8 Å². The van der Waals surface area contributed by atoms with Crippen molar-refractivity contribution in [3.63, 3.8) is 0 Å². The van der Waals surface area contributed by atoms with Crippen LogP contribution in [0.4, 0.5) is 0 Å². The highest BCUT2D eigenvalue weighted by atomic mass is 79.9. The Balaban J connectivity index is 2.46. The predicted molar refractivity (Wildman–Crippen MR) is 73.0 cm³/mol. The van der Waals surface area contributed by atoms with E-state index in [2.05, 4.69) is 22.0 Å². The Bertz CT molecular complexity index is 510. The fraction of sp³-hybridized carbons (Fsp3) is 0.500. The fourth-order valence-corrected chi connectivity index (χ4v) is 2.83. The van der Waals surface area contributed by atoms with Crippen molar-refractivity contribution in [1.82, 2.24) is 0 Å². The first-order valence-electron chi connectivity index (χ1n) is 5.95. The maximum Gasteiger partial charge on any atom is 0.349 e. The van der Waals surface area contributed by atoms with E-state index in [0.717, 1.165) is 33.3 Å². The summed E-state index contributed by atoms with van der Waals surface area (Å²) in [7, 11) is 1.39.